The molecule has 1 heterocycles. The molecule has 22 heavy (non-hydrogen) atoms. The predicted molar refractivity (Wildman–Crippen MR) is 106 cm³/mol. The molecule has 2 atom stereocenters. The molecule has 126 valence electrons. The number of aryl methyl sites for hydroxylation is 1. The van der Waals surface area contributed by atoms with Gasteiger partial charge in [-0.05, 0) is 32.1 Å². The lowest BCUT2D eigenvalue weighted by molar-refractivity contribution is 0.256. The third-order valence-electron chi connectivity index (χ3n) is 4.21. The van der Waals surface area contributed by atoms with E-state index in [9.17, 15) is 0 Å². The van der Waals surface area contributed by atoms with Crippen LogP contribution in [0.1, 0.15) is 49.4 Å². The van der Waals surface area contributed by atoms with Crippen molar-refractivity contribution in [3.63, 3.8) is 0 Å². The van der Waals surface area contributed by atoms with Crippen LogP contribution in [0.3, 0.4) is 0 Å². The summed E-state index contributed by atoms with van der Waals surface area (Å²) < 4.78 is 0. The fourth-order valence-electron chi connectivity index (χ4n) is 2.89. The van der Waals surface area contributed by atoms with Gasteiger partial charge in [0.15, 0.2) is 5.96 Å². The molecule has 2 rings (SSSR count). The molecule has 1 aliphatic rings. The van der Waals surface area contributed by atoms with E-state index < -0.39 is 0 Å². The molecule has 1 aromatic rings. The van der Waals surface area contributed by atoms with Crippen molar-refractivity contribution in [2.45, 2.75) is 53.0 Å². The topological polar surface area (TPSA) is 49.3 Å². The number of aromatic nitrogens is 1. The predicted octanol–water partition coefficient (Wildman–Crippen LogP) is 3.95. The summed E-state index contributed by atoms with van der Waals surface area (Å²) in [6.45, 7) is 9.15. The van der Waals surface area contributed by atoms with Crippen LogP contribution in [0, 0.1) is 18.8 Å². The van der Waals surface area contributed by atoms with E-state index in [0.29, 0.717) is 6.54 Å². The summed E-state index contributed by atoms with van der Waals surface area (Å²) in [5.74, 6) is 2.53. The first-order chi connectivity index (χ1) is 10.2. The van der Waals surface area contributed by atoms with Gasteiger partial charge >= 0.3 is 0 Å². The number of thiazole rings is 1. The molecule has 1 aliphatic carbocycles. The van der Waals surface area contributed by atoms with Gasteiger partial charge in [0.1, 0.15) is 5.01 Å². The lowest BCUT2D eigenvalue weighted by Gasteiger charge is -2.29. The molecule has 4 nitrogen and oxygen atoms in total. The maximum absolute atomic E-state index is 4.65. The van der Waals surface area contributed by atoms with Crippen LogP contribution >= 0.6 is 35.3 Å². The molecular weight excluding hydrogens is 407 g/mol. The van der Waals surface area contributed by atoms with E-state index in [0.717, 1.165) is 35.9 Å². The van der Waals surface area contributed by atoms with Gasteiger partial charge in [-0.2, -0.15) is 0 Å². The fourth-order valence-corrected chi connectivity index (χ4v) is 3.60. The molecule has 0 saturated heterocycles. The molecule has 1 saturated carbocycles. The summed E-state index contributed by atoms with van der Waals surface area (Å²) in [4.78, 5) is 10.3. The summed E-state index contributed by atoms with van der Waals surface area (Å²) in [6.07, 6.45) is 7.41. The first kappa shape index (κ1) is 19.7. The van der Waals surface area contributed by atoms with Gasteiger partial charge in [0.2, 0.25) is 0 Å². The van der Waals surface area contributed by atoms with Crippen LogP contribution in [-0.4, -0.2) is 24.0 Å². The Bertz CT molecular complexity index is 461. The number of nitrogens with zero attached hydrogens (tertiary/aromatic N) is 2. The van der Waals surface area contributed by atoms with E-state index in [1.165, 1.54) is 30.6 Å². The molecule has 0 aliphatic heterocycles. The zero-order valence-electron chi connectivity index (χ0n) is 13.9. The van der Waals surface area contributed by atoms with Crippen molar-refractivity contribution < 1.29 is 0 Å². The number of aliphatic imine (C=N–C) groups is 1. The molecule has 0 bridgehead atoms. The third kappa shape index (κ3) is 6.40. The molecule has 6 heteroatoms. The maximum Gasteiger partial charge on any atom is 0.191 e. The molecular formula is C16H29IN4S. The van der Waals surface area contributed by atoms with Gasteiger partial charge in [-0.3, -0.25) is 0 Å². The fraction of sp³-hybridized carbons (Fsp3) is 0.750. The molecule has 1 fully saturated rings. The molecule has 0 spiro atoms. The number of hydrogen-bond donors (Lipinski definition) is 2. The first-order valence-electron chi connectivity index (χ1n) is 8.12. The number of halogens is 1. The lowest BCUT2D eigenvalue weighted by Crippen LogP contribution is -2.41. The highest BCUT2D eigenvalue weighted by atomic mass is 127. The number of guanidine groups is 1. The van der Waals surface area contributed by atoms with E-state index in [1.54, 1.807) is 11.3 Å². The van der Waals surface area contributed by atoms with Crippen molar-refractivity contribution in [3.05, 3.63) is 16.1 Å². The van der Waals surface area contributed by atoms with Crippen molar-refractivity contribution in [1.29, 1.82) is 0 Å². The van der Waals surface area contributed by atoms with E-state index in [2.05, 4.69) is 41.4 Å². The van der Waals surface area contributed by atoms with E-state index >= 15 is 0 Å². The van der Waals surface area contributed by atoms with Crippen molar-refractivity contribution in [3.8, 4) is 0 Å². The summed E-state index contributed by atoms with van der Waals surface area (Å²) in [6, 6.07) is 0. The Labute approximate surface area is 155 Å². The Morgan fingerprint density at radius 2 is 2.14 bits per heavy atom. The van der Waals surface area contributed by atoms with E-state index in [-0.39, 0.29) is 24.0 Å². The third-order valence-corrected chi connectivity index (χ3v) is 5.10. The van der Waals surface area contributed by atoms with Crippen LogP contribution in [-0.2, 0) is 6.54 Å². The molecule has 1 aromatic heterocycles. The second-order valence-electron chi connectivity index (χ2n) is 5.96. The van der Waals surface area contributed by atoms with Gasteiger partial charge in [0.25, 0.3) is 0 Å². The average molecular weight is 436 g/mol. The van der Waals surface area contributed by atoms with Gasteiger partial charge in [-0.1, -0.05) is 26.2 Å². The SMILES string of the molecule is CCNC(=NCc1ncc(C)s1)NCC1CCCCC1C.I. The van der Waals surface area contributed by atoms with Crippen LogP contribution < -0.4 is 10.6 Å². The van der Waals surface area contributed by atoms with Gasteiger partial charge in [0.05, 0.1) is 6.54 Å². The number of rotatable bonds is 5. The van der Waals surface area contributed by atoms with Crippen LogP contribution in [0.15, 0.2) is 11.2 Å². The van der Waals surface area contributed by atoms with Crippen LogP contribution in [0.4, 0.5) is 0 Å². The van der Waals surface area contributed by atoms with Gasteiger partial charge in [-0.25, -0.2) is 9.98 Å². The lowest BCUT2D eigenvalue weighted by atomic mass is 9.80. The first-order valence-corrected chi connectivity index (χ1v) is 8.94. The summed E-state index contributed by atoms with van der Waals surface area (Å²) in [5, 5.41) is 7.92. The minimum atomic E-state index is 0. The Kier molecular flexibility index (Phi) is 9.31. The van der Waals surface area contributed by atoms with Crippen molar-refractivity contribution in [2.24, 2.45) is 16.8 Å². The Morgan fingerprint density at radius 1 is 1.36 bits per heavy atom. The van der Waals surface area contributed by atoms with Gasteiger partial charge in [-0.15, -0.1) is 35.3 Å². The number of nitrogens with one attached hydrogen (secondary N) is 2. The highest BCUT2D eigenvalue weighted by Crippen LogP contribution is 2.28. The molecule has 2 N–H and O–H groups in total. The van der Waals surface area contributed by atoms with Crippen LogP contribution in [0.2, 0.25) is 0 Å². The van der Waals surface area contributed by atoms with Gasteiger partial charge in [0, 0.05) is 24.2 Å². The minimum Gasteiger partial charge on any atom is -0.357 e. The van der Waals surface area contributed by atoms with Crippen LogP contribution in [0.25, 0.3) is 0 Å². The summed E-state index contributed by atoms with van der Waals surface area (Å²) in [5.41, 5.74) is 0. The highest BCUT2D eigenvalue weighted by Gasteiger charge is 2.21. The quantitative estimate of drug-likeness (QED) is 0.418. The molecule has 0 radical (unpaired) electrons. The highest BCUT2D eigenvalue weighted by molar-refractivity contribution is 14.0. The Hall–Kier alpha value is -0.370. The maximum atomic E-state index is 4.65. The molecule has 0 aromatic carbocycles. The zero-order chi connectivity index (χ0) is 15.1. The Morgan fingerprint density at radius 3 is 2.77 bits per heavy atom. The second kappa shape index (κ2) is 10.4. The van der Waals surface area contributed by atoms with Gasteiger partial charge < -0.3 is 10.6 Å². The molecule has 0 amide bonds. The van der Waals surface area contributed by atoms with Crippen molar-refractivity contribution >= 4 is 41.3 Å². The standard InChI is InChI=1S/C16H28N4S.HI/c1-4-17-16(20-11-15-18-9-13(3)21-15)19-10-14-8-6-5-7-12(14)2;/h9,12,14H,4-8,10-11H2,1-3H3,(H2,17,19,20);1H. The van der Waals surface area contributed by atoms with Crippen LogP contribution in [0.5, 0.6) is 0 Å². The Balaban J connectivity index is 0.00000242. The number of hydrogen-bond acceptors (Lipinski definition) is 3. The minimum absolute atomic E-state index is 0. The molecule has 2 unspecified atom stereocenters. The van der Waals surface area contributed by atoms with Crippen molar-refractivity contribution in [2.75, 3.05) is 13.1 Å². The van der Waals surface area contributed by atoms with E-state index in [1.807, 2.05) is 6.20 Å². The van der Waals surface area contributed by atoms with Crippen molar-refractivity contribution in [1.82, 2.24) is 15.6 Å². The zero-order valence-corrected chi connectivity index (χ0v) is 17.0. The normalized spacial score (nSPS) is 22.0. The monoisotopic (exact) mass is 436 g/mol. The largest absolute Gasteiger partial charge is 0.357 e. The smallest absolute Gasteiger partial charge is 0.191 e. The average Bonchev–Trinajstić information content (AvgIpc) is 2.89. The summed E-state index contributed by atoms with van der Waals surface area (Å²) >= 11 is 1.72. The van der Waals surface area contributed by atoms with E-state index in [4.69, 9.17) is 0 Å². The second-order valence-corrected chi connectivity index (χ2v) is 7.28. The summed E-state index contributed by atoms with van der Waals surface area (Å²) in [7, 11) is 0.